The predicted molar refractivity (Wildman–Crippen MR) is 97.9 cm³/mol. The molecule has 0 bridgehead atoms. The highest BCUT2D eigenvalue weighted by molar-refractivity contribution is 7.89. The van der Waals surface area contributed by atoms with Crippen molar-refractivity contribution in [1.29, 1.82) is 0 Å². The van der Waals surface area contributed by atoms with Crippen molar-refractivity contribution in [2.45, 2.75) is 4.90 Å². The SMILES string of the molecule is C=CCNS(=O)(=O)c1ccc(C(=O)Nc2cc([N+](=O)[O-])ccc2Cl)cc1. The lowest BCUT2D eigenvalue weighted by atomic mass is 10.2. The zero-order valence-corrected chi connectivity index (χ0v) is 14.9. The Kier molecular flexibility index (Phi) is 6.09. The van der Waals surface area contributed by atoms with Gasteiger partial charge in [-0.3, -0.25) is 14.9 Å². The van der Waals surface area contributed by atoms with Crippen LogP contribution in [0, 0.1) is 10.1 Å². The van der Waals surface area contributed by atoms with Gasteiger partial charge in [-0.2, -0.15) is 0 Å². The molecule has 0 fully saturated rings. The van der Waals surface area contributed by atoms with Gasteiger partial charge >= 0.3 is 0 Å². The molecule has 0 radical (unpaired) electrons. The molecule has 0 saturated carbocycles. The van der Waals surface area contributed by atoms with Gasteiger partial charge in [-0.05, 0) is 30.3 Å². The smallest absolute Gasteiger partial charge is 0.271 e. The number of nitrogens with one attached hydrogen (secondary N) is 2. The van der Waals surface area contributed by atoms with Gasteiger partial charge in [0.25, 0.3) is 11.6 Å². The molecule has 0 aromatic heterocycles. The Balaban J connectivity index is 2.20. The van der Waals surface area contributed by atoms with Gasteiger partial charge in [-0.1, -0.05) is 17.7 Å². The Labute approximate surface area is 154 Å². The molecule has 0 aliphatic carbocycles. The Morgan fingerprint density at radius 1 is 1.23 bits per heavy atom. The van der Waals surface area contributed by atoms with Crippen molar-refractivity contribution in [3.63, 3.8) is 0 Å². The fourth-order valence-corrected chi connectivity index (χ4v) is 3.12. The zero-order valence-electron chi connectivity index (χ0n) is 13.3. The lowest BCUT2D eigenvalue weighted by Crippen LogP contribution is -2.23. The molecule has 0 aliphatic rings. The average Bonchev–Trinajstić information content (AvgIpc) is 2.61. The number of nitro benzene ring substituents is 1. The summed E-state index contributed by atoms with van der Waals surface area (Å²) in [6.07, 6.45) is 1.40. The molecule has 0 spiro atoms. The molecule has 2 rings (SSSR count). The third-order valence-corrected chi connectivity index (χ3v) is 5.02. The molecule has 0 atom stereocenters. The van der Waals surface area contributed by atoms with Crippen LogP contribution in [-0.2, 0) is 10.0 Å². The van der Waals surface area contributed by atoms with Gasteiger partial charge < -0.3 is 5.32 Å². The second-order valence-electron chi connectivity index (χ2n) is 5.04. The molecular weight excluding hydrogens is 382 g/mol. The first-order valence-corrected chi connectivity index (χ1v) is 9.06. The normalized spacial score (nSPS) is 11.0. The summed E-state index contributed by atoms with van der Waals surface area (Å²) in [4.78, 5) is 22.5. The summed E-state index contributed by atoms with van der Waals surface area (Å²) in [5, 5.41) is 13.4. The number of rotatable bonds is 7. The summed E-state index contributed by atoms with van der Waals surface area (Å²) in [6, 6.07) is 8.85. The van der Waals surface area contributed by atoms with Crippen LogP contribution in [0.5, 0.6) is 0 Å². The van der Waals surface area contributed by atoms with E-state index in [0.29, 0.717) is 0 Å². The first kappa shape index (κ1) is 19.6. The van der Waals surface area contributed by atoms with Crippen LogP contribution in [0.25, 0.3) is 0 Å². The summed E-state index contributed by atoms with van der Waals surface area (Å²) >= 11 is 5.93. The number of nitro groups is 1. The van der Waals surface area contributed by atoms with Crippen LogP contribution in [0.1, 0.15) is 10.4 Å². The third-order valence-electron chi connectivity index (χ3n) is 3.25. The van der Waals surface area contributed by atoms with Crippen molar-refractivity contribution in [1.82, 2.24) is 4.72 Å². The molecule has 8 nitrogen and oxygen atoms in total. The van der Waals surface area contributed by atoms with Crippen LogP contribution in [0.15, 0.2) is 60.0 Å². The Morgan fingerprint density at radius 3 is 2.46 bits per heavy atom. The summed E-state index contributed by atoms with van der Waals surface area (Å²) in [5.74, 6) is -0.588. The van der Waals surface area contributed by atoms with Crippen molar-refractivity contribution < 1.29 is 18.1 Å². The van der Waals surface area contributed by atoms with E-state index in [1.807, 2.05) is 0 Å². The molecular formula is C16H14ClN3O5S. The molecule has 2 aromatic carbocycles. The van der Waals surface area contributed by atoms with Gasteiger partial charge in [-0.25, -0.2) is 13.1 Å². The van der Waals surface area contributed by atoms with Crippen LogP contribution in [0.3, 0.4) is 0 Å². The van der Waals surface area contributed by atoms with E-state index in [0.717, 1.165) is 6.07 Å². The van der Waals surface area contributed by atoms with Gasteiger partial charge in [-0.15, -0.1) is 6.58 Å². The van der Waals surface area contributed by atoms with Crippen molar-refractivity contribution in [2.75, 3.05) is 11.9 Å². The van der Waals surface area contributed by atoms with Crippen LogP contribution >= 0.6 is 11.6 Å². The summed E-state index contributed by atoms with van der Waals surface area (Å²) in [6.45, 7) is 3.51. The van der Waals surface area contributed by atoms with E-state index in [1.54, 1.807) is 0 Å². The lowest BCUT2D eigenvalue weighted by Gasteiger charge is -2.08. The van der Waals surface area contributed by atoms with Crippen molar-refractivity contribution in [3.8, 4) is 0 Å². The standard InChI is InChI=1S/C16H14ClN3O5S/c1-2-9-18-26(24,25)13-6-3-11(4-7-13)16(21)19-15-10-12(20(22)23)5-8-14(15)17/h2-8,10,18H,1,9H2,(H,19,21). The van der Waals surface area contributed by atoms with Crippen LogP contribution < -0.4 is 10.0 Å². The third kappa shape index (κ3) is 4.66. The highest BCUT2D eigenvalue weighted by atomic mass is 35.5. The second-order valence-corrected chi connectivity index (χ2v) is 7.21. The molecule has 10 heteroatoms. The second kappa shape index (κ2) is 8.09. The number of anilines is 1. The first-order chi connectivity index (χ1) is 12.2. The lowest BCUT2D eigenvalue weighted by molar-refractivity contribution is -0.384. The highest BCUT2D eigenvalue weighted by Gasteiger charge is 2.16. The van der Waals surface area contributed by atoms with E-state index < -0.39 is 20.9 Å². The zero-order chi connectivity index (χ0) is 19.3. The van der Waals surface area contributed by atoms with Crippen molar-refractivity contribution in [3.05, 3.63) is 75.8 Å². The minimum absolute atomic E-state index is 0.00992. The number of hydrogen-bond acceptors (Lipinski definition) is 5. The number of sulfonamides is 1. The van der Waals surface area contributed by atoms with Crippen LogP contribution in [-0.4, -0.2) is 25.8 Å². The molecule has 136 valence electrons. The predicted octanol–water partition coefficient (Wildman–Crippen LogP) is 2.96. The van der Waals surface area contributed by atoms with Gasteiger partial charge in [0, 0.05) is 24.2 Å². The van der Waals surface area contributed by atoms with E-state index in [9.17, 15) is 23.3 Å². The molecule has 2 N–H and O–H groups in total. The van der Waals surface area contributed by atoms with E-state index in [1.165, 1.54) is 42.5 Å². The summed E-state index contributed by atoms with van der Waals surface area (Å²) in [7, 11) is -3.69. The minimum Gasteiger partial charge on any atom is -0.320 e. The summed E-state index contributed by atoms with van der Waals surface area (Å²) < 4.78 is 26.2. The van der Waals surface area contributed by atoms with Gasteiger partial charge in [0.2, 0.25) is 10.0 Å². The Hall–Kier alpha value is -2.75. The van der Waals surface area contributed by atoms with Gasteiger partial charge in [0.1, 0.15) is 0 Å². The number of carbonyl (C=O) groups excluding carboxylic acids is 1. The number of hydrogen-bond donors (Lipinski definition) is 2. The number of halogens is 1. The number of nitrogens with zero attached hydrogens (tertiary/aromatic N) is 1. The molecule has 26 heavy (non-hydrogen) atoms. The molecule has 2 aromatic rings. The molecule has 1 amide bonds. The van der Waals surface area contributed by atoms with Crippen LogP contribution in [0.4, 0.5) is 11.4 Å². The van der Waals surface area contributed by atoms with E-state index in [4.69, 9.17) is 11.6 Å². The average molecular weight is 396 g/mol. The monoisotopic (exact) mass is 395 g/mol. The maximum absolute atomic E-state index is 12.3. The molecule has 0 heterocycles. The molecule has 0 unspecified atom stereocenters. The first-order valence-electron chi connectivity index (χ1n) is 7.20. The largest absolute Gasteiger partial charge is 0.320 e. The number of benzene rings is 2. The molecule has 0 saturated heterocycles. The quantitative estimate of drug-likeness (QED) is 0.424. The minimum atomic E-state index is -3.69. The summed E-state index contributed by atoms with van der Waals surface area (Å²) in [5.41, 5.74) is 0.0184. The van der Waals surface area contributed by atoms with E-state index >= 15 is 0 Å². The Morgan fingerprint density at radius 2 is 1.88 bits per heavy atom. The highest BCUT2D eigenvalue weighted by Crippen LogP contribution is 2.27. The van der Waals surface area contributed by atoms with Crippen molar-refractivity contribution in [2.24, 2.45) is 0 Å². The maximum Gasteiger partial charge on any atom is 0.271 e. The van der Waals surface area contributed by atoms with Gasteiger partial charge in [0.05, 0.1) is 20.5 Å². The van der Waals surface area contributed by atoms with E-state index in [2.05, 4.69) is 16.6 Å². The topological polar surface area (TPSA) is 118 Å². The Bertz CT molecular complexity index is 958. The van der Waals surface area contributed by atoms with Crippen LogP contribution in [0.2, 0.25) is 5.02 Å². The number of carbonyl (C=O) groups is 1. The van der Waals surface area contributed by atoms with Crippen molar-refractivity contribution >= 4 is 38.9 Å². The van der Waals surface area contributed by atoms with Gasteiger partial charge in [0.15, 0.2) is 0 Å². The molecule has 0 aliphatic heterocycles. The fraction of sp³-hybridized carbons (Fsp3) is 0.0625. The maximum atomic E-state index is 12.3. The fourth-order valence-electron chi connectivity index (χ4n) is 1.95. The van der Waals surface area contributed by atoms with E-state index in [-0.39, 0.29) is 33.4 Å². The number of non-ortho nitro benzene ring substituents is 1. The number of amides is 1.